The van der Waals surface area contributed by atoms with E-state index >= 15 is 0 Å². The zero-order valence-electron chi connectivity index (χ0n) is 14.3. The third kappa shape index (κ3) is 4.10. The van der Waals surface area contributed by atoms with Crippen LogP contribution in [-0.4, -0.2) is 33.5 Å². The fourth-order valence-electron chi connectivity index (χ4n) is 2.92. The zero-order chi connectivity index (χ0) is 17.8. The topological polar surface area (TPSA) is 34.1 Å². The second kappa shape index (κ2) is 8.11. The van der Waals surface area contributed by atoms with Gasteiger partial charge in [0, 0.05) is 35.4 Å². The summed E-state index contributed by atoms with van der Waals surface area (Å²) in [5.41, 5.74) is 2.71. The summed E-state index contributed by atoms with van der Waals surface area (Å²) in [5, 5.41) is 0.628. The number of ether oxygens (including phenoxy) is 2. The Labute approximate surface area is 161 Å². The van der Waals surface area contributed by atoms with Gasteiger partial charge in [0.15, 0.2) is 0 Å². The predicted octanol–water partition coefficient (Wildman–Crippen LogP) is 5.47. The van der Waals surface area contributed by atoms with E-state index in [-0.39, 0.29) is 0 Å². The molecule has 0 atom stereocenters. The summed E-state index contributed by atoms with van der Waals surface area (Å²) in [6, 6.07) is 9.58. The Morgan fingerprint density at radius 1 is 1.08 bits per heavy atom. The van der Waals surface area contributed by atoms with Crippen LogP contribution in [0.5, 0.6) is 11.5 Å². The van der Waals surface area contributed by atoms with Gasteiger partial charge in [0.05, 0.1) is 30.6 Å². The summed E-state index contributed by atoms with van der Waals surface area (Å²) in [4.78, 5) is 6.84. The van der Waals surface area contributed by atoms with Gasteiger partial charge in [-0.3, -0.25) is 4.99 Å². The first-order valence-corrected chi connectivity index (χ1v) is 9.29. The van der Waals surface area contributed by atoms with Gasteiger partial charge >= 0.3 is 0 Å². The van der Waals surface area contributed by atoms with Crippen LogP contribution in [0.25, 0.3) is 0 Å². The van der Waals surface area contributed by atoms with Crippen molar-refractivity contribution in [1.29, 1.82) is 0 Å². The van der Waals surface area contributed by atoms with Crippen LogP contribution in [-0.2, 0) is 0 Å². The van der Waals surface area contributed by atoms with Crippen LogP contribution in [0.15, 0.2) is 39.8 Å². The van der Waals surface area contributed by atoms with Crippen molar-refractivity contribution in [3.8, 4) is 11.5 Å². The quantitative estimate of drug-likeness (QED) is 0.598. The number of hydrogen-bond donors (Lipinski definition) is 0. The van der Waals surface area contributed by atoms with Gasteiger partial charge < -0.3 is 14.4 Å². The summed E-state index contributed by atoms with van der Waals surface area (Å²) in [6.45, 7) is 2.09. The molecule has 2 aromatic rings. The van der Waals surface area contributed by atoms with E-state index in [1.165, 1.54) is 12.8 Å². The van der Waals surface area contributed by atoms with Crippen molar-refractivity contribution >= 4 is 45.1 Å². The molecule has 6 heteroatoms. The van der Waals surface area contributed by atoms with E-state index in [0.717, 1.165) is 46.0 Å². The van der Waals surface area contributed by atoms with Gasteiger partial charge in [-0.15, -0.1) is 0 Å². The highest BCUT2D eigenvalue weighted by molar-refractivity contribution is 9.10. The van der Waals surface area contributed by atoms with E-state index in [0.29, 0.717) is 5.02 Å². The number of benzene rings is 2. The Morgan fingerprint density at radius 2 is 1.80 bits per heavy atom. The summed E-state index contributed by atoms with van der Waals surface area (Å²) in [7, 11) is 3.36. The molecule has 4 nitrogen and oxygen atoms in total. The number of hydrogen-bond acceptors (Lipinski definition) is 4. The fraction of sp³-hybridized carbons (Fsp3) is 0.316. The van der Waals surface area contributed by atoms with Crippen molar-refractivity contribution in [1.82, 2.24) is 0 Å². The summed E-state index contributed by atoms with van der Waals surface area (Å²) in [6.07, 6.45) is 4.19. The summed E-state index contributed by atoms with van der Waals surface area (Å²) < 4.78 is 12.0. The minimum absolute atomic E-state index is 0.628. The van der Waals surface area contributed by atoms with Crippen molar-refractivity contribution in [2.75, 3.05) is 32.2 Å². The first kappa shape index (κ1) is 18.1. The van der Waals surface area contributed by atoms with Crippen LogP contribution < -0.4 is 14.4 Å². The molecular weight excluding hydrogens is 404 g/mol. The molecule has 0 radical (unpaired) electrons. The van der Waals surface area contributed by atoms with Gasteiger partial charge in [0.1, 0.15) is 11.5 Å². The lowest BCUT2D eigenvalue weighted by Crippen LogP contribution is -2.18. The molecule has 0 spiro atoms. The Morgan fingerprint density at radius 3 is 2.44 bits per heavy atom. The number of methoxy groups -OCH3 is 2. The number of halogens is 2. The van der Waals surface area contributed by atoms with E-state index in [9.17, 15) is 0 Å². The predicted molar refractivity (Wildman–Crippen MR) is 107 cm³/mol. The molecular formula is C19H20BrClN2O2. The van der Waals surface area contributed by atoms with E-state index in [1.54, 1.807) is 20.4 Å². The molecule has 0 bridgehead atoms. The van der Waals surface area contributed by atoms with Gasteiger partial charge in [-0.1, -0.05) is 11.6 Å². The zero-order valence-corrected chi connectivity index (χ0v) is 16.6. The largest absolute Gasteiger partial charge is 0.496 e. The molecule has 0 aliphatic carbocycles. The molecule has 0 N–H and O–H groups in total. The second-order valence-electron chi connectivity index (χ2n) is 5.82. The maximum Gasteiger partial charge on any atom is 0.143 e. The average Bonchev–Trinajstić information content (AvgIpc) is 3.16. The van der Waals surface area contributed by atoms with E-state index in [4.69, 9.17) is 21.1 Å². The first-order valence-electron chi connectivity index (χ1n) is 8.12. The molecule has 1 fully saturated rings. The number of aliphatic imine (C=N–C) groups is 1. The Hall–Kier alpha value is -1.72. The van der Waals surface area contributed by atoms with Crippen molar-refractivity contribution in [3.05, 3.63) is 45.4 Å². The van der Waals surface area contributed by atoms with Gasteiger partial charge in [-0.05, 0) is 53.0 Å². The molecule has 132 valence electrons. The molecule has 0 saturated carbocycles. The van der Waals surface area contributed by atoms with Crippen molar-refractivity contribution in [2.45, 2.75) is 12.8 Å². The Kier molecular flexibility index (Phi) is 5.86. The van der Waals surface area contributed by atoms with Gasteiger partial charge in [0.25, 0.3) is 0 Å². The average molecular weight is 424 g/mol. The molecule has 25 heavy (non-hydrogen) atoms. The standard InChI is InChI=1S/C19H20BrClN2O2/c1-24-18-11-17(23-7-3-4-8-23)19(25-2)9-13(18)12-22-14-5-6-15(20)16(21)10-14/h5-6,9-12H,3-4,7-8H2,1-2H3. The molecule has 0 amide bonds. The fourth-order valence-corrected chi connectivity index (χ4v) is 3.34. The van der Waals surface area contributed by atoms with Crippen LogP contribution in [0, 0.1) is 0 Å². The van der Waals surface area contributed by atoms with Crippen molar-refractivity contribution < 1.29 is 9.47 Å². The molecule has 1 heterocycles. The number of rotatable bonds is 5. The normalized spacial score (nSPS) is 14.3. The molecule has 1 aliphatic heterocycles. The molecule has 0 unspecified atom stereocenters. The maximum atomic E-state index is 6.12. The van der Waals surface area contributed by atoms with E-state index < -0.39 is 0 Å². The highest BCUT2D eigenvalue weighted by atomic mass is 79.9. The smallest absolute Gasteiger partial charge is 0.143 e. The summed E-state index contributed by atoms with van der Waals surface area (Å²) >= 11 is 9.51. The Bertz CT molecular complexity index is 789. The van der Waals surface area contributed by atoms with Crippen LogP contribution in [0.1, 0.15) is 18.4 Å². The lowest BCUT2D eigenvalue weighted by Gasteiger charge is -2.22. The van der Waals surface area contributed by atoms with E-state index in [2.05, 4.69) is 25.8 Å². The molecule has 3 rings (SSSR count). The number of nitrogens with zero attached hydrogens (tertiary/aromatic N) is 2. The van der Waals surface area contributed by atoms with Crippen molar-refractivity contribution in [3.63, 3.8) is 0 Å². The highest BCUT2D eigenvalue weighted by Gasteiger charge is 2.19. The Balaban J connectivity index is 1.94. The minimum atomic E-state index is 0.628. The highest BCUT2D eigenvalue weighted by Crippen LogP contribution is 2.37. The molecule has 2 aromatic carbocycles. The monoisotopic (exact) mass is 422 g/mol. The molecule has 1 aliphatic rings. The number of anilines is 1. The first-order chi connectivity index (χ1) is 12.1. The second-order valence-corrected chi connectivity index (χ2v) is 7.08. The SMILES string of the molecule is COc1cc(N2CCCC2)c(OC)cc1C=Nc1ccc(Br)c(Cl)c1. The van der Waals surface area contributed by atoms with Crippen LogP contribution in [0.2, 0.25) is 5.02 Å². The molecule has 1 saturated heterocycles. The maximum absolute atomic E-state index is 6.12. The van der Waals surface area contributed by atoms with Crippen molar-refractivity contribution in [2.24, 2.45) is 4.99 Å². The van der Waals surface area contributed by atoms with E-state index in [1.807, 2.05) is 30.3 Å². The van der Waals surface area contributed by atoms with Gasteiger partial charge in [0.2, 0.25) is 0 Å². The van der Waals surface area contributed by atoms with Crippen LogP contribution in [0.4, 0.5) is 11.4 Å². The lowest BCUT2D eigenvalue weighted by molar-refractivity contribution is 0.402. The minimum Gasteiger partial charge on any atom is -0.496 e. The van der Waals surface area contributed by atoms with Crippen LogP contribution >= 0.6 is 27.5 Å². The van der Waals surface area contributed by atoms with Crippen LogP contribution in [0.3, 0.4) is 0 Å². The van der Waals surface area contributed by atoms with Gasteiger partial charge in [-0.25, -0.2) is 0 Å². The summed E-state index contributed by atoms with van der Waals surface area (Å²) in [5.74, 6) is 1.60. The third-order valence-electron chi connectivity index (χ3n) is 4.23. The third-order valence-corrected chi connectivity index (χ3v) is 5.47. The lowest BCUT2D eigenvalue weighted by atomic mass is 10.1. The van der Waals surface area contributed by atoms with Gasteiger partial charge in [-0.2, -0.15) is 0 Å². The molecule has 0 aromatic heterocycles.